The molecule has 0 saturated heterocycles. The van der Waals surface area contributed by atoms with E-state index >= 15 is 0 Å². The molecule has 102 valence electrons. The van der Waals surface area contributed by atoms with Crippen LogP contribution in [0.5, 0.6) is 0 Å². The number of hydrogen-bond acceptors (Lipinski definition) is 4. The Bertz CT molecular complexity index is 521. The maximum atomic E-state index is 11.7. The number of carboxylic acid groups (broad SMARTS) is 1. The predicted octanol–water partition coefficient (Wildman–Crippen LogP) is 2.46. The van der Waals surface area contributed by atoms with Crippen molar-refractivity contribution >= 4 is 17.3 Å². The van der Waals surface area contributed by atoms with Gasteiger partial charge >= 0.3 is 5.97 Å². The minimum atomic E-state index is -1.08. The lowest BCUT2D eigenvalue weighted by atomic mass is 9.69. The van der Waals surface area contributed by atoms with Gasteiger partial charge in [0.05, 0.1) is 10.3 Å². The van der Waals surface area contributed by atoms with Crippen LogP contribution in [-0.2, 0) is 10.2 Å². The molecule has 1 aromatic rings. The highest BCUT2D eigenvalue weighted by atomic mass is 16.6. The summed E-state index contributed by atoms with van der Waals surface area (Å²) in [5, 5.41) is 20.4. The number of carbonyl (C=O) groups is 1. The van der Waals surface area contributed by atoms with Crippen LogP contribution in [0.15, 0.2) is 18.2 Å². The number of anilines is 1. The summed E-state index contributed by atoms with van der Waals surface area (Å²) < 4.78 is 0. The smallest absolute Gasteiger partial charge is 0.314 e. The van der Waals surface area contributed by atoms with Crippen LogP contribution in [0.3, 0.4) is 0 Å². The number of non-ortho nitro benzene ring substituents is 1. The molecule has 19 heavy (non-hydrogen) atoms. The average molecular weight is 264 g/mol. The molecule has 2 rings (SSSR count). The van der Waals surface area contributed by atoms with Crippen molar-refractivity contribution in [3.8, 4) is 0 Å². The lowest BCUT2D eigenvalue weighted by Gasteiger charge is -2.34. The molecule has 0 spiro atoms. The van der Waals surface area contributed by atoms with E-state index in [1.165, 1.54) is 18.2 Å². The van der Waals surface area contributed by atoms with Gasteiger partial charge in [0, 0.05) is 17.8 Å². The van der Waals surface area contributed by atoms with Crippen molar-refractivity contribution in [1.29, 1.82) is 0 Å². The van der Waals surface area contributed by atoms with Gasteiger partial charge in [-0.3, -0.25) is 14.9 Å². The Kier molecular flexibility index (Phi) is 3.42. The van der Waals surface area contributed by atoms with Crippen LogP contribution in [0.2, 0.25) is 0 Å². The number of nitrogens with two attached hydrogens (primary N) is 1. The molecule has 0 unspecified atom stereocenters. The first-order chi connectivity index (χ1) is 8.97. The zero-order chi connectivity index (χ0) is 14.0. The normalized spacial score (nSPS) is 17.9. The average Bonchev–Trinajstić information content (AvgIpc) is 2.39. The number of benzene rings is 1. The van der Waals surface area contributed by atoms with E-state index in [-0.39, 0.29) is 5.69 Å². The summed E-state index contributed by atoms with van der Waals surface area (Å²) in [5.41, 5.74) is 5.37. The Morgan fingerprint density at radius 2 is 1.95 bits per heavy atom. The van der Waals surface area contributed by atoms with Crippen LogP contribution in [-0.4, -0.2) is 16.0 Å². The van der Waals surface area contributed by atoms with E-state index in [9.17, 15) is 20.0 Å². The van der Waals surface area contributed by atoms with Crippen molar-refractivity contribution < 1.29 is 14.8 Å². The van der Waals surface area contributed by atoms with E-state index in [4.69, 9.17) is 5.73 Å². The lowest BCUT2D eigenvalue weighted by Crippen LogP contribution is -2.38. The fourth-order valence-electron chi connectivity index (χ4n) is 2.83. The van der Waals surface area contributed by atoms with Crippen LogP contribution >= 0.6 is 0 Å². The molecule has 3 N–H and O–H groups in total. The maximum Gasteiger partial charge on any atom is 0.314 e. The highest BCUT2D eigenvalue weighted by molar-refractivity contribution is 5.84. The van der Waals surface area contributed by atoms with Crippen molar-refractivity contribution in [3.63, 3.8) is 0 Å². The van der Waals surface area contributed by atoms with Gasteiger partial charge in [-0.15, -0.1) is 0 Å². The van der Waals surface area contributed by atoms with Crippen LogP contribution in [0, 0.1) is 10.1 Å². The predicted molar refractivity (Wildman–Crippen MR) is 69.9 cm³/mol. The Morgan fingerprint density at radius 1 is 1.32 bits per heavy atom. The summed E-state index contributed by atoms with van der Waals surface area (Å²) in [4.78, 5) is 22.0. The minimum absolute atomic E-state index is 0.115. The molecule has 1 aromatic carbocycles. The van der Waals surface area contributed by atoms with Crippen molar-refractivity contribution in [2.75, 3.05) is 5.73 Å². The Balaban J connectivity index is 2.55. The zero-order valence-corrected chi connectivity index (χ0v) is 10.5. The summed E-state index contributed by atoms with van der Waals surface area (Å²) in [6.07, 6.45) is 3.55. The highest BCUT2D eigenvalue weighted by Crippen LogP contribution is 2.43. The van der Waals surface area contributed by atoms with Gasteiger partial charge in [0.2, 0.25) is 0 Å². The molecular weight excluding hydrogens is 248 g/mol. The van der Waals surface area contributed by atoms with Gasteiger partial charge in [-0.2, -0.15) is 0 Å². The summed E-state index contributed by atoms with van der Waals surface area (Å²) in [7, 11) is 0. The van der Waals surface area contributed by atoms with Gasteiger partial charge in [0.15, 0.2) is 0 Å². The molecule has 1 aliphatic rings. The molecule has 0 heterocycles. The first kappa shape index (κ1) is 13.3. The molecule has 0 radical (unpaired) electrons. The molecule has 6 heteroatoms. The van der Waals surface area contributed by atoms with Crippen molar-refractivity contribution in [2.45, 2.75) is 37.5 Å². The molecule has 0 amide bonds. The van der Waals surface area contributed by atoms with E-state index in [0.717, 1.165) is 19.3 Å². The largest absolute Gasteiger partial charge is 0.481 e. The molecule has 1 aliphatic carbocycles. The lowest BCUT2D eigenvalue weighted by molar-refractivity contribution is -0.384. The molecule has 1 fully saturated rings. The second-order valence-electron chi connectivity index (χ2n) is 4.98. The summed E-state index contributed by atoms with van der Waals surface area (Å²) in [6.45, 7) is 0. The van der Waals surface area contributed by atoms with Gasteiger partial charge < -0.3 is 10.8 Å². The van der Waals surface area contributed by atoms with E-state index in [1.807, 2.05) is 0 Å². The van der Waals surface area contributed by atoms with Gasteiger partial charge in [0.25, 0.3) is 5.69 Å². The SMILES string of the molecule is Nc1ccc([N+](=O)[O-])cc1C1(C(=O)O)CCCCC1. The quantitative estimate of drug-likeness (QED) is 0.495. The zero-order valence-electron chi connectivity index (χ0n) is 10.5. The topological polar surface area (TPSA) is 106 Å². The van der Waals surface area contributed by atoms with Gasteiger partial charge in [-0.25, -0.2) is 0 Å². The molecule has 1 saturated carbocycles. The second-order valence-corrected chi connectivity index (χ2v) is 4.98. The van der Waals surface area contributed by atoms with E-state index < -0.39 is 16.3 Å². The maximum absolute atomic E-state index is 11.7. The molecule has 6 nitrogen and oxygen atoms in total. The van der Waals surface area contributed by atoms with Crippen LogP contribution in [0.1, 0.15) is 37.7 Å². The molecular formula is C13H16N2O4. The van der Waals surface area contributed by atoms with Gasteiger partial charge in [-0.1, -0.05) is 19.3 Å². The van der Waals surface area contributed by atoms with Crippen molar-refractivity contribution in [1.82, 2.24) is 0 Å². The van der Waals surface area contributed by atoms with Crippen LogP contribution in [0.25, 0.3) is 0 Å². The minimum Gasteiger partial charge on any atom is -0.481 e. The van der Waals surface area contributed by atoms with Gasteiger partial charge in [-0.05, 0) is 24.5 Å². The number of nitro benzene ring substituents is 1. The third-order valence-electron chi connectivity index (χ3n) is 3.88. The summed E-state index contributed by atoms with van der Waals surface area (Å²) in [5.74, 6) is -0.945. The number of rotatable bonds is 3. The molecule has 0 bridgehead atoms. The van der Waals surface area contributed by atoms with Crippen molar-refractivity contribution in [3.05, 3.63) is 33.9 Å². The summed E-state index contributed by atoms with van der Waals surface area (Å²) in [6, 6.07) is 4.04. The monoisotopic (exact) mass is 264 g/mol. The summed E-state index contributed by atoms with van der Waals surface area (Å²) >= 11 is 0. The first-order valence-corrected chi connectivity index (χ1v) is 6.25. The molecule has 0 aromatic heterocycles. The molecule has 0 atom stereocenters. The number of hydrogen-bond donors (Lipinski definition) is 2. The Morgan fingerprint density at radius 3 is 2.47 bits per heavy atom. The fraction of sp³-hybridized carbons (Fsp3) is 0.462. The standard InChI is InChI=1S/C13H16N2O4/c14-11-5-4-9(15(18)19)8-10(11)13(12(16)17)6-2-1-3-7-13/h4-5,8H,1-3,6-7,14H2,(H,16,17). The fourth-order valence-corrected chi connectivity index (χ4v) is 2.83. The van der Waals surface area contributed by atoms with E-state index in [2.05, 4.69) is 0 Å². The van der Waals surface area contributed by atoms with E-state index in [1.54, 1.807) is 0 Å². The number of nitrogen functional groups attached to an aromatic ring is 1. The highest BCUT2D eigenvalue weighted by Gasteiger charge is 2.43. The molecule has 0 aliphatic heterocycles. The van der Waals surface area contributed by atoms with Crippen LogP contribution in [0.4, 0.5) is 11.4 Å². The third-order valence-corrected chi connectivity index (χ3v) is 3.88. The second kappa shape index (κ2) is 4.87. The number of nitro groups is 1. The number of carboxylic acids is 1. The van der Waals surface area contributed by atoms with Crippen molar-refractivity contribution in [2.24, 2.45) is 0 Å². The third kappa shape index (κ3) is 2.25. The Labute approximate surface area is 110 Å². The number of nitrogens with zero attached hydrogens (tertiary/aromatic N) is 1. The van der Waals surface area contributed by atoms with E-state index in [0.29, 0.717) is 24.1 Å². The number of aliphatic carboxylic acids is 1. The van der Waals surface area contributed by atoms with Crippen LogP contribution < -0.4 is 5.73 Å². The Hall–Kier alpha value is -2.11. The first-order valence-electron chi connectivity index (χ1n) is 6.25. The van der Waals surface area contributed by atoms with Gasteiger partial charge in [0.1, 0.15) is 0 Å².